The van der Waals surface area contributed by atoms with Crippen molar-refractivity contribution in [2.24, 2.45) is 0 Å². The van der Waals surface area contributed by atoms with Crippen LogP contribution in [0.2, 0.25) is 0 Å². The van der Waals surface area contributed by atoms with Crippen LogP contribution < -0.4 is 10.2 Å². The molecule has 0 aromatic rings. The second-order valence-corrected chi connectivity index (χ2v) is 2.02. The summed E-state index contributed by atoms with van der Waals surface area (Å²) in [5.74, 6) is 0. The van der Waals surface area contributed by atoms with E-state index >= 15 is 0 Å². The molecule has 0 saturated heterocycles. The van der Waals surface area contributed by atoms with Crippen LogP contribution in [0, 0.1) is 0 Å². The largest absolute Gasteiger partial charge is 0.870 e. The summed E-state index contributed by atoms with van der Waals surface area (Å²) < 4.78 is 0. The van der Waals surface area contributed by atoms with Gasteiger partial charge in [-0.25, -0.2) is 0 Å². The fourth-order valence-corrected chi connectivity index (χ4v) is 0. The minimum absolute atomic E-state index is 0. The van der Waals surface area contributed by atoms with Gasteiger partial charge in [-0.1, -0.05) is 0 Å². The molecule has 8 heteroatoms. The molecular formula is CH3Cl2CoO5. The molecule has 0 bridgehead atoms. The average molecular weight is 225 g/mol. The van der Waals surface area contributed by atoms with Gasteiger partial charge in [-0.3, -0.25) is 0 Å². The Morgan fingerprint density at radius 1 is 1.33 bits per heavy atom. The van der Waals surface area contributed by atoms with Gasteiger partial charge in [0, 0.05) is 0 Å². The Bertz CT molecular complexity index is 46.2. The van der Waals surface area contributed by atoms with Crippen LogP contribution in [-0.2, 0) is 12.9 Å². The minimum atomic E-state index is -2.33. The Labute approximate surface area is 65.7 Å². The summed E-state index contributed by atoms with van der Waals surface area (Å²) in [4.78, 5) is 8.33. The fraction of sp³-hybridized carbons (Fsp3) is 0. The van der Waals surface area contributed by atoms with E-state index in [2.05, 4.69) is 0 Å². The van der Waals surface area contributed by atoms with Gasteiger partial charge >= 0.3 is 33.2 Å². The molecule has 60 valence electrons. The molecule has 9 heavy (non-hydrogen) atoms. The number of carbonyl (C=O) groups excluding carboxylic acids is 1. The van der Waals surface area contributed by atoms with E-state index in [1.165, 1.54) is 0 Å². The molecule has 0 atom stereocenters. The first-order valence-corrected chi connectivity index (χ1v) is 3.73. The second kappa shape index (κ2) is 24.0. The third-order valence-electron chi connectivity index (χ3n) is 0. The van der Waals surface area contributed by atoms with Gasteiger partial charge in [0.05, 0.1) is 0 Å². The number of hydrogen-bond donors (Lipinski definition) is 0. The van der Waals surface area contributed by atoms with Crippen LogP contribution in [0.25, 0.3) is 0 Å². The maximum absolute atomic E-state index is 8.33. The maximum Gasteiger partial charge on any atom is -0.870 e. The Kier molecular flexibility index (Phi) is 60.8. The first-order chi connectivity index (χ1) is 3.15. The summed E-state index contributed by atoms with van der Waals surface area (Å²) in [6.45, 7) is 0. The van der Waals surface area contributed by atoms with E-state index in [-0.39, 0.29) is 11.0 Å². The Morgan fingerprint density at radius 3 is 1.33 bits per heavy atom. The molecule has 0 spiro atoms. The summed E-state index contributed by atoms with van der Waals surface area (Å²) in [5.41, 5.74) is 0. The minimum Gasteiger partial charge on any atom is -0.870 e. The van der Waals surface area contributed by atoms with E-state index in [4.69, 9.17) is 35.3 Å². The van der Waals surface area contributed by atoms with Gasteiger partial charge < -0.3 is 26.0 Å². The van der Waals surface area contributed by atoms with Crippen molar-refractivity contribution in [1.82, 2.24) is 0 Å². The van der Waals surface area contributed by atoms with Gasteiger partial charge in [-0.15, -0.1) is 0 Å². The molecule has 0 heterocycles. The van der Waals surface area contributed by atoms with E-state index < -0.39 is 6.16 Å². The molecule has 0 aromatic carbocycles. The second-order valence-electron chi connectivity index (χ2n) is 0.298. The van der Waals surface area contributed by atoms with Crippen LogP contribution >= 0.6 is 20.3 Å². The molecule has 0 radical (unpaired) electrons. The summed E-state index contributed by atoms with van der Waals surface area (Å²) in [6.07, 6.45) is -2.33. The molecule has 0 unspecified atom stereocenters. The Hall–Kier alpha value is 0.276. The molecule has 0 aliphatic rings. The molecule has 3 N–H and O–H groups in total. The summed E-state index contributed by atoms with van der Waals surface area (Å²) in [7, 11) is 9.47. The van der Waals surface area contributed by atoms with Crippen molar-refractivity contribution in [3.63, 3.8) is 0 Å². The molecule has 0 aliphatic carbocycles. The quantitative estimate of drug-likeness (QED) is 0.469. The number of halogens is 2. The smallest absolute Gasteiger partial charge is 0.870 e. The third kappa shape index (κ3) is 4260. The Balaban J connectivity index is -0.0000000233. The average Bonchev–Trinajstić information content (AvgIpc) is 1.33. The third-order valence-corrected chi connectivity index (χ3v) is 0. The molecule has 0 aliphatic heterocycles. The van der Waals surface area contributed by atoms with Gasteiger partial charge in [-0.05, 0) is 6.16 Å². The Morgan fingerprint density at radius 2 is 1.33 bits per heavy atom. The zero-order valence-corrected chi connectivity index (χ0v) is 6.31. The standard InChI is InChI=1S/CH2O3.2ClH.Co.2H2O/c2-1(3)4;;;;;/h(H2,2,3,4);2*1H;;2*1H2/q;;;+5;;/p-5. The first-order valence-electron chi connectivity index (χ1n) is 0.864. The van der Waals surface area contributed by atoms with Crippen LogP contribution in [-0.4, -0.2) is 17.1 Å². The zero-order chi connectivity index (χ0) is 6.28. The SMILES string of the molecule is O.O=C([O-])[O-].[Cl][Co+3][Cl].[OH-]. The molecule has 0 amide bonds. The van der Waals surface area contributed by atoms with Gasteiger partial charge in [0.1, 0.15) is 0 Å². The number of carbonyl (C=O) groups is 1. The van der Waals surface area contributed by atoms with E-state index in [1.54, 1.807) is 0 Å². The number of rotatable bonds is 0. The molecular weight excluding hydrogens is 222 g/mol. The van der Waals surface area contributed by atoms with Gasteiger partial charge in [0.25, 0.3) is 0 Å². The number of carboxylic acid groups (broad SMARTS) is 2. The van der Waals surface area contributed by atoms with Crippen molar-refractivity contribution >= 4 is 26.4 Å². The van der Waals surface area contributed by atoms with Crippen LogP contribution in [0.1, 0.15) is 0 Å². The van der Waals surface area contributed by atoms with Crippen LogP contribution in [0.3, 0.4) is 0 Å². The van der Waals surface area contributed by atoms with Crippen molar-refractivity contribution in [1.29, 1.82) is 0 Å². The molecule has 0 saturated carbocycles. The monoisotopic (exact) mass is 224 g/mol. The van der Waals surface area contributed by atoms with E-state index in [0.717, 1.165) is 0 Å². The van der Waals surface area contributed by atoms with Gasteiger partial charge in [0.2, 0.25) is 0 Å². The van der Waals surface area contributed by atoms with E-state index in [1.807, 2.05) is 0 Å². The van der Waals surface area contributed by atoms with Crippen LogP contribution in [0.5, 0.6) is 0 Å². The summed E-state index contributed by atoms with van der Waals surface area (Å²) in [5, 5.41) is 16.7. The summed E-state index contributed by atoms with van der Waals surface area (Å²) >= 11 is 0.382. The predicted octanol–water partition coefficient (Wildman–Crippen LogP) is -2.07. The van der Waals surface area contributed by atoms with Gasteiger partial charge in [0.15, 0.2) is 0 Å². The zero-order valence-electron chi connectivity index (χ0n) is 3.76. The summed E-state index contributed by atoms with van der Waals surface area (Å²) in [6, 6.07) is 0. The molecule has 0 rings (SSSR count). The van der Waals surface area contributed by atoms with Crippen molar-refractivity contribution in [2.45, 2.75) is 0 Å². The fourth-order valence-electron chi connectivity index (χ4n) is 0. The maximum atomic E-state index is 8.33. The van der Waals surface area contributed by atoms with Gasteiger partial charge in [-0.2, -0.15) is 0 Å². The molecule has 0 fully saturated rings. The normalized spacial score (nSPS) is 4.67. The van der Waals surface area contributed by atoms with Crippen molar-refractivity contribution in [3.05, 3.63) is 0 Å². The topological polar surface area (TPSA) is 125 Å². The van der Waals surface area contributed by atoms with Crippen LogP contribution in [0.4, 0.5) is 4.79 Å². The van der Waals surface area contributed by atoms with Crippen LogP contribution in [0.15, 0.2) is 0 Å². The first kappa shape index (κ1) is 22.8. The van der Waals surface area contributed by atoms with Crippen molar-refractivity contribution < 1.29 is 38.9 Å². The number of hydrogen-bond acceptors (Lipinski definition) is 4. The van der Waals surface area contributed by atoms with Crippen molar-refractivity contribution in [2.75, 3.05) is 0 Å². The molecule has 5 nitrogen and oxygen atoms in total. The van der Waals surface area contributed by atoms with Crippen molar-refractivity contribution in [3.8, 4) is 0 Å². The predicted molar refractivity (Wildman–Crippen MR) is 22.7 cm³/mol. The van der Waals surface area contributed by atoms with E-state index in [0.29, 0.717) is 12.9 Å². The van der Waals surface area contributed by atoms with E-state index in [9.17, 15) is 0 Å². The molecule has 0 aromatic heterocycles.